The van der Waals surface area contributed by atoms with Crippen LogP contribution in [0, 0.1) is 0 Å². The molecule has 1 aliphatic rings. The summed E-state index contributed by atoms with van der Waals surface area (Å²) in [5.41, 5.74) is 3.29. The number of carbonyl (C=O) groups is 1. The SMILES string of the molecule is O=C(O)CCCc1cccc2c3c(oc12)C=CC3. The third kappa shape index (κ3) is 1.82. The number of furan rings is 1. The van der Waals surface area contributed by atoms with Crippen molar-refractivity contribution in [3.8, 4) is 0 Å². The first-order chi connectivity index (χ1) is 8.75. The summed E-state index contributed by atoms with van der Waals surface area (Å²) in [6.07, 6.45) is 6.65. The topological polar surface area (TPSA) is 50.4 Å². The number of carboxylic acids is 1. The molecule has 0 atom stereocenters. The van der Waals surface area contributed by atoms with Gasteiger partial charge in [0.05, 0.1) is 0 Å². The molecule has 0 amide bonds. The van der Waals surface area contributed by atoms with Gasteiger partial charge in [-0.2, -0.15) is 0 Å². The molecule has 1 aromatic carbocycles. The smallest absolute Gasteiger partial charge is 0.303 e. The van der Waals surface area contributed by atoms with Crippen molar-refractivity contribution < 1.29 is 14.3 Å². The molecule has 0 radical (unpaired) electrons. The van der Waals surface area contributed by atoms with E-state index in [2.05, 4.69) is 12.1 Å². The summed E-state index contributed by atoms with van der Waals surface area (Å²) in [5.74, 6) is 0.211. The first-order valence-corrected chi connectivity index (χ1v) is 6.17. The van der Waals surface area contributed by atoms with Gasteiger partial charge in [0.1, 0.15) is 11.3 Å². The molecule has 1 aromatic heterocycles. The molecular formula is C15H14O3. The zero-order valence-corrected chi connectivity index (χ0v) is 9.98. The van der Waals surface area contributed by atoms with Crippen LogP contribution in [-0.4, -0.2) is 11.1 Å². The van der Waals surface area contributed by atoms with Gasteiger partial charge in [0.15, 0.2) is 0 Å². The van der Waals surface area contributed by atoms with Crippen molar-refractivity contribution >= 4 is 23.0 Å². The van der Waals surface area contributed by atoms with Crippen molar-refractivity contribution in [2.24, 2.45) is 0 Å². The summed E-state index contributed by atoms with van der Waals surface area (Å²) in [6, 6.07) is 6.12. The number of hydrogen-bond donors (Lipinski definition) is 1. The molecule has 1 heterocycles. The summed E-state index contributed by atoms with van der Waals surface area (Å²) in [5, 5.41) is 9.84. The molecule has 0 saturated carbocycles. The minimum atomic E-state index is -0.743. The van der Waals surface area contributed by atoms with Gasteiger partial charge in [-0.3, -0.25) is 4.79 Å². The average Bonchev–Trinajstić information content (AvgIpc) is 2.89. The minimum absolute atomic E-state index is 0.205. The molecule has 3 nitrogen and oxygen atoms in total. The first kappa shape index (κ1) is 11.1. The second-order valence-electron chi connectivity index (χ2n) is 4.59. The van der Waals surface area contributed by atoms with Crippen molar-refractivity contribution in [2.45, 2.75) is 25.7 Å². The Morgan fingerprint density at radius 3 is 3.11 bits per heavy atom. The summed E-state index contributed by atoms with van der Waals surface area (Å²) in [7, 11) is 0. The van der Waals surface area contributed by atoms with E-state index in [1.807, 2.05) is 18.2 Å². The second-order valence-corrected chi connectivity index (χ2v) is 4.59. The Balaban J connectivity index is 1.92. The molecular weight excluding hydrogens is 228 g/mol. The third-order valence-corrected chi connectivity index (χ3v) is 3.36. The Kier molecular flexibility index (Phi) is 2.67. The summed E-state index contributed by atoms with van der Waals surface area (Å²) < 4.78 is 5.86. The van der Waals surface area contributed by atoms with Crippen molar-refractivity contribution in [3.63, 3.8) is 0 Å². The van der Waals surface area contributed by atoms with Crippen molar-refractivity contribution in [1.29, 1.82) is 0 Å². The van der Waals surface area contributed by atoms with Crippen LogP contribution in [-0.2, 0) is 17.6 Å². The predicted octanol–water partition coefficient (Wildman–Crippen LogP) is 3.41. The number of carboxylic acid groups (broad SMARTS) is 1. The van der Waals surface area contributed by atoms with Crippen LogP contribution in [0.2, 0.25) is 0 Å². The van der Waals surface area contributed by atoms with Crippen molar-refractivity contribution in [2.75, 3.05) is 0 Å². The van der Waals surface area contributed by atoms with E-state index in [0.29, 0.717) is 6.42 Å². The lowest BCUT2D eigenvalue weighted by Crippen LogP contribution is -1.96. The number of hydrogen-bond acceptors (Lipinski definition) is 2. The van der Waals surface area contributed by atoms with Crippen LogP contribution in [0.25, 0.3) is 17.0 Å². The maximum atomic E-state index is 10.5. The molecule has 0 saturated heterocycles. The molecule has 1 aliphatic carbocycles. The van der Waals surface area contributed by atoms with Crippen LogP contribution < -0.4 is 0 Å². The number of benzene rings is 1. The predicted molar refractivity (Wildman–Crippen MR) is 69.5 cm³/mol. The van der Waals surface area contributed by atoms with Gasteiger partial charge in [-0.25, -0.2) is 0 Å². The van der Waals surface area contributed by atoms with Gasteiger partial charge in [-0.05, 0) is 30.9 Å². The van der Waals surface area contributed by atoms with E-state index in [1.54, 1.807) is 0 Å². The number of allylic oxidation sites excluding steroid dienone is 1. The molecule has 2 aromatic rings. The van der Waals surface area contributed by atoms with Crippen molar-refractivity contribution in [3.05, 3.63) is 41.2 Å². The largest absolute Gasteiger partial charge is 0.481 e. The molecule has 1 N–H and O–H groups in total. The van der Waals surface area contributed by atoms with Gasteiger partial charge in [-0.15, -0.1) is 0 Å². The molecule has 92 valence electrons. The highest BCUT2D eigenvalue weighted by Gasteiger charge is 2.16. The highest BCUT2D eigenvalue weighted by atomic mass is 16.4. The average molecular weight is 242 g/mol. The monoisotopic (exact) mass is 242 g/mol. The Labute approximate surface area is 105 Å². The van der Waals surface area contributed by atoms with E-state index in [-0.39, 0.29) is 6.42 Å². The van der Waals surface area contributed by atoms with E-state index in [4.69, 9.17) is 9.52 Å². The quantitative estimate of drug-likeness (QED) is 0.893. The maximum Gasteiger partial charge on any atom is 0.303 e. The minimum Gasteiger partial charge on any atom is -0.481 e. The number of fused-ring (bicyclic) bond motifs is 3. The van der Waals surface area contributed by atoms with Gasteiger partial charge >= 0.3 is 5.97 Å². The lowest BCUT2D eigenvalue weighted by molar-refractivity contribution is -0.137. The highest BCUT2D eigenvalue weighted by Crippen LogP contribution is 2.33. The fraction of sp³-hybridized carbons (Fsp3) is 0.267. The van der Waals surface area contributed by atoms with Gasteiger partial charge in [0.25, 0.3) is 0 Å². The van der Waals surface area contributed by atoms with Crippen LogP contribution in [0.4, 0.5) is 0 Å². The van der Waals surface area contributed by atoms with Crippen molar-refractivity contribution in [1.82, 2.24) is 0 Å². The fourth-order valence-electron chi connectivity index (χ4n) is 2.50. The lowest BCUT2D eigenvalue weighted by Gasteiger charge is -2.01. The molecule has 3 heteroatoms. The Hall–Kier alpha value is -2.03. The molecule has 0 fully saturated rings. The molecule has 3 rings (SSSR count). The second kappa shape index (κ2) is 4.33. The Morgan fingerprint density at radius 1 is 1.39 bits per heavy atom. The van der Waals surface area contributed by atoms with Gasteiger partial charge < -0.3 is 9.52 Å². The van der Waals surface area contributed by atoms with Crippen LogP contribution in [0.3, 0.4) is 0 Å². The van der Waals surface area contributed by atoms with E-state index < -0.39 is 5.97 Å². The Morgan fingerprint density at radius 2 is 2.28 bits per heavy atom. The molecule has 0 bridgehead atoms. The summed E-state index contributed by atoms with van der Waals surface area (Å²) in [4.78, 5) is 10.5. The van der Waals surface area contributed by atoms with Crippen LogP contribution in [0.15, 0.2) is 28.7 Å². The maximum absolute atomic E-state index is 10.5. The van der Waals surface area contributed by atoms with E-state index in [0.717, 1.165) is 29.7 Å². The molecule has 0 spiro atoms. The van der Waals surface area contributed by atoms with Crippen LogP contribution in [0.1, 0.15) is 29.7 Å². The van der Waals surface area contributed by atoms with E-state index in [9.17, 15) is 4.79 Å². The van der Waals surface area contributed by atoms with Gasteiger partial charge in [-0.1, -0.05) is 24.3 Å². The standard InChI is InChI=1S/C15H14O3/c16-14(17)9-2-5-10-4-1-7-12-11-6-3-8-13(11)18-15(10)12/h1,3-4,7-8H,2,5-6,9H2,(H,16,17). The van der Waals surface area contributed by atoms with Crippen LogP contribution in [0.5, 0.6) is 0 Å². The number of rotatable bonds is 4. The van der Waals surface area contributed by atoms with Crippen LogP contribution >= 0.6 is 0 Å². The van der Waals surface area contributed by atoms with Gasteiger partial charge in [0, 0.05) is 17.4 Å². The zero-order valence-electron chi connectivity index (χ0n) is 9.98. The summed E-state index contributed by atoms with van der Waals surface area (Å²) in [6.45, 7) is 0. The Bertz CT molecular complexity index is 634. The van der Waals surface area contributed by atoms with E-state index >= 15 is 0 Å². The summed E-state index contributed by atoms with van der Waals surface area (Å²) >= 11 is 0. The number of aliphatic carboxylic acids is 1. The fourth-order valence-corrected chi connectivity index (χ4v) is 2.50. The van der Waals surface area contributed by atoms with Gasteiger partial charge in [0.2, 0.25) is 0 Å². The number of para-hydroxylation sites is 1. The highest BCUT2D eigenvalue weighted by molar-refractivity contribution is 5.88. The normalized spacial score (nSPS) is 13.1. The molecule has 0 aliphatic heterocycles. The number of aryl methyl sites for hydroxylation is 1. The first-order valence-electron chi connectivity index (χ1n) is 6.17. The third-order valence-electron chi connectivity index (χ3n) is 3.36. The zero-order chi connectivity index (χ0) is 12.5. The molecule has 18 heavy (non-hydrogen) atoms. The lowest BCUT2D eigenvalue weighted by atomic mass is 10.0. The van der Waals surface area contributed by atoms with E-state index in [1.165, 1.54) is 10.9 Å². The molecule has 0 unspecified atom stereocenters.